The molecule has 3 aromatic rings. The highest BCUT2D eigenvalue weighted by molar-refractivity contribution is 5.91. The number of nitrogens with zero attached hydrogens (tertiary/aromatic N) is 2. The molecule has 0 radical (unpaired) electrons. The molecule has 0 aliphatic heterocycles. The number of aromatic nitrogens is 2. The van der Waals surface area contributed by atoms with Gasteiger partial charge in [0.15, 0.2) is 11.2 Å². The molecule has 4 heteroatoms. The van der Waals surface area contributed by atoms with E-state index >= 15 is 0 Å². The van der Waals surface area contributed by atoms with Crippen LogP contribution in [0.25, 0.3) is 33.3 Å². The molecule has 4 nitrogen and oxygen atoms in total. The van der Waals surface area contributed by atoms with Crippen LogP contribution in [0, 0.1) is 10.8 Å². The van der Waals surface area contributed by atoms with Crippen molar-refractivity contribution in [2.75, 3.05) is 0 Å². The Bertz CT molecular complexity index is 1180. The molecule has 2 aliphatic rings. The fraction of sp³-hybridized carbons (Fsp3) is 0.231. The van der Waals surface area contributed by atoms with E-state index in [9.17, 15) is 0 Å². The van der Waals surface area contributed by atoms with Crippen LogP contribution in [0.1, 0.15) is 39.5 Å². The van der Waals surface area contributed by atoms with Gasteiger partial charge in [0.25, 0.3) is 0 Å². The lowest BCUT2D eigenvalue weighted by atomic mass is 9.93. The van der Waals surface area contributed by atoms with Gasteiger partial charge in [-0.3, -0.25) is 0 Å². The Morgan fingerprint density at radius 1 is 0.633 bits per heavy atom. The van der Waals surface area contributed by atoms with Crippen LogP contribution in [-0.2, 0) is 0 Å². The molecule has 0 saturated carbocycles. The first-order valence-corrected chi connectivity index (χ1v) is 10.2. The van der Waals surface area contributed by atoms with Crippen molar-refractivity contribution in [3.63, 3.8) is 0 Å². The standard InChI is InChI=1S/C26H24N2O2/c1-25(2)11-5-7-17(9-13-25)23-27-19-15-20-22(16-21(19)29-23)30-24(28-20)18-8-6-12-26(3,4)14-10-18/h5-16H,1-4H3. The molecule has 0 atom stereocenters. The smallest absolute Gasteiger partial charge is 0.227 e. The first-order valence-electron chi connectivity index (χ1n) is 10.2. The van der Waals surface area contributed by atoms with Crippen LogP contribution in [0.3, 0.4) is 0 Å². The van der Waals surface area contributed by atoms with E-state index in [2.05, 4.69) is 64.2 Å². The van der Waals surface area contributed by atoms with Crippen molar-refractivity contribution in [1.82, 2.24) is 9.97 Å². The third-order valence-corrected chi connectivity index (χ3v) is 5.38. The van der Waals surface area contributed by atoms with Crippen LogP contribution in [0.15, 0.2) is 81.7 Å². The highest BCUT2D eigenvalue weighted by Crippen LogP contribution is 2.32. The molecule has 0 fully saturated rings. The second-order valence-electron chi connectivity index (χ2n) is 9.10. The molecular weight excluding hydrogens is 372 g/mol. The zero-order valence-corrected chi connectivity index (χ0v) is 17.6. The molecule has 2 aliphatic carbocycles. The van der Waals surface area contributed by atoms with E-state index in [-0.39, 0.29) is 10.8 Å². The predicted octanol–water partition coefficient (Wildman–Crippen LogP) is 7.04. The lowest BCUT2D eigenvalue weighted by Gasteiger charge is -2.12. The Balaban J connectivity index is 1.52. The number of allylic oxidation sites excluding steroid dienone is 12. The van der Waals surface area contributed by atoms with Crippen molar-refractivity contribution in [3.05, 3.63) is 84.7 Å². The lowest BCUT2D eigenvalue weighted by Crippen LogP contribution is -2.00. The summed E-state index contributed by atoms with van der Waals surface area (Å²) >= 11 is 0. The fourth-order valence-corrected chi connectivity index (χ4v) is 3.51. The van der Waals surface area contributed by atoms with Crippen molar-refractivity contribution < 1.29 is 8.83 Å². The highest BCUT2D eigenvalue weighted by Gasteiger charge is 2.18. The van der Waals surface area contributed by atoms with Gasteiger partial charge in [-0.15, -0.1) is 0 Å². The number of rotatable bonds is 2. The van der Waals surface area contributed by atoms with Crippen molar-refractivity contribution in [1.29, 1.82) is 0 Å². The summed E-state index contributed by atoms with van der Waals surface area (Å²) in [6.07, 6.45) is 20.9. The van der Waals surface area contributed by atoms with Gasteiger partial charge in [-0.1, -0.05) is 76.3 Å². The number of oxazole rings is 2. The van der Waals surface area contributed by atoms with Gasteiger partial charge in [0.2, 0.25) is 11.8 Å². The average molecular weight is 396 g/mol. The molecule has 0 bridgehead atoms. The zero-order valence-electron chi connectivity index (χ0n) is 17.6. The minimum absolute atomic E-state index is 0.00985. The molecule has 0 amide bonds. The normalized spacial score (nSPS) is 19.7. The minimum atomic E-state index is 0.00985. The second-order valence-corrected chi connectivity index (χ2v) is 9.10. The predicted molar refractivity (Wildman–Crippen MR) is 122 cm³/mol. The number of benzene rings is 1. The Hall–Kier alpha value is -3.40. The third kappa shape index (κ3) is 3.50. The maximum Gasteiger partial charge on any atom is 0.227 e. The quantitative estimate of drug-likeness (QED) is 0.466. The van der Waals surface area contributed by atoms with Gasteiger partial charge in [0.1, 0.15) is 11.0 Å². The molecule has 30 heavy (non-hydrogen) atoms. The van der Waals surface area contributed by atoms with Crippen LogP contribution in [0.5, 0.6) is 0 Å². The van der Waals surface area contributed by atoms with Crippen molar-refractivity contribution >= 4 is 33.3 Å². The monoisotopic (exact) mass is 396 g/mol. The van der Waals surface area contributed by atoms with Gasteiger partial charge in [-0.2, -0.15) is 0 Å². The van der Waals surface area contributed by atoms with E-state index in [1.54, 1.807) is 0 Å². The van der Waals surface area contributed by atoms with Crippen LogP contribution in [0.2, 0.25) is 0 Å². The van der Waals surface area contributed by atoms with Gasteiger partial charge in [0, 0.05) is 28.0 Å². The van der Waals surface area contributed by atoms with Gasteiger partial charge in [0.05, 0.1) is 0 Å². The molecule has 0 unspecified atom stereocenters. The van der Waals surface area contributed by atoms with Crippen LogP contribution >= 0.6 is 0 Å². The summed E-state index contributed by atoms with van der Waals surface area (Å²) in [4.78, 5) is 9.38. The van der Waals surface area contributed by atoms with E-state index in [1.807, 2.05) is 36.4 Å². The zero-order chi connectivity index (χ0) is 20.9. The Labute approximate surface area is 175 Å². The summed E-state index contributed by atoms with van der Waals surface area (Å²) in [5.74, 6) is 1.19. The molecule has 5 rings (SSSR count). The van der Waals surface area contributed by atoms with Crippen LogP contribution in [-0.4, -0.2) is 9.97 Å². The first-order chi connectivity index (χ1) is 14.3. The summed E-state index contributed by atoms with van der Waals surface area (Å²) in [5.41, 5.74) is 4.83. The van der Waals surface area contributed by atoms with Gasteiger partial charge in [-0.25, -0.2) is 9.97 Å². The van der Waals surface area contributed by atoms with E-state index in [0.29, 0.717) is 22.9 Å². The SMILES string of the molecule is CC1(C)C=CC=C(c2nc3cc4nc(C5=CC=CC(C)(C)C=C5)oc4cc3o2)C=C1. The number of hydrogen-bond acceptors (Lipinski definition) is 4. The summed E-state index contributed by atoms with van der Waals surface area (Å²) in [5, 5.41) is 0. The van der Waals surface area contributed by atoms with Gasteiger partial charge in [-0.05, 0) is 18.2 Å². The van der Waals surface area contributed by atoms with E-state index in [1.165, 1.54) is 0 Å². The van der Waals surface area contributed by atoms with E-state index in [4.69, 9.17) is 18.8 Å². The van der Waals surface area contributed by atoms with Crippen LogP contribution in [0.4, 0.5) is 0 Å². The largest absolute Gasteiger partial charge is 0.436 e. The molecule has 0 N–H and O–H groups in total. The minimum Gasteiger partial charge on any atom is -0.436 e. The molecule has 1 aromatic carbocycles. The molecule has 2 heterocycles. The van der Waals surface area contributed by atoms with E-state index < -0.39 is 0 Å². The van der Waals surface area contributed by atoms with Gasteiger partial charge < -0.3 is 8.83 Å². The molecule has 0 saturated heterocycles. The molecule has 150 valence electrons. The van der Waals surface area contributed by atoms with Crippen LogP contribution < -0.4 is 0 Å². The van der Waals surface area contributed by atoms with E-state index in [0.717, 1.165) is 22.2 Å². The number of hydrogen-bond donors (Lipinski definition) is 0. The molecule has 0 spiro atoms. The molecule has 2 aromatic heterocycles. The summed E-state index contributed by atoms with van der Waals surface area (Å²) in [6.45, 7) is 8.65. The Morgan fingerprint density at radius 2 is 1.10 bits per heavy atom. The molecular formula is C26H24N2O2. The summed E-state index contributed by atoms with van der Waals surface area (Å²) < 4.78 is 12.1. The maximum absolute atomic E-state index is 6.05. The highest BCUT2D eigenvalue weighted by atomic mass is 16.4. The maximum atomic E-state index is 6.05. The second kappa shape index (κ2) is 6.56. The lowest BCUT2D eigenvalue weighted by molar-refractivity contribution is 0.575. The summed E-state index contributed by atoms with van der Waals surface area (Å²) in [6, 6.07) is 3.80. The van der Waals surface area contributed by atoms with Gasteiger partial charge >= 0.3 is 0 Å². The van der Waals surface area contributed by atoms with Crippen molar-refractivity contribution in [2.45, 2.75) is 27.7 Å². The average Bonchev–Trinajstić information content (AvgIpc) is 3.16. The van der Waals surface area contributed by atoms with Crippen molar-refractivity contribution in [2.24, 2.45) is 10.8 Å². The first kappa shape index (κ1) is 18.6. The summed E-state index contributed by atoms with van der Waals surface area (Å²) in [7, 11) is 0. The van der Waals surface area contributed by atoms with Crippen molar-refractivity contribution in [3.8, 4) is 0 Å². The third-order valence-electron chi connectivity index (χ3n) is 5.38. The Morgan fingerprint density at radius 3 is 1.57 bits per heavy atom. The fourth-order valence-electron chi connectivity index (χ4n) is 3.51. The number of fused-ring (bicyclic) bond motifs is 2. The Kier molecular flexibility index (Phi) is 4.07. The topological polar surface area (TPSA) is 52.1 Å².